The van der Waals surface area contributed by atoms with Gasteiger partial charge in [0.2, 0.25) is 5.91 Å². The Morgan fingerprint density at radius 3 is 3.15 bits per heavy atom. The normalized spacial score (nSPS) is 12.6. The average Bonchev–Trinajstić information content (AvgIpc) is 2.78. The molecule has 0 saturated heterocycles. The molecule has 0 unspecified atom stereocenters. The predicted octanol–water partition coefficient (Wildman–Crippen LogP) is 2.46. The van der Waals surface area contributed by atoms with E-state index in [0.29, 0.717) is 22.5 Å². The molecule has 0 saturated carbocycles. The highest BCUT2D eigenvalue weighted by molar-refractivity contribution is 7.99. The second kappa shape index (κ2) is 6.97. The molecule has 1 atom stereocenters. The molecule has 2 rings (SSSR count). The first-order chi connectivity index (χ1) is 9.58. The summed E-state index contributed by atoms with van der Waals surface area (Å²) in [4.78, 5) is 19.2. The summed E-state index contributed by atoms with van der Waals surface area (Å²) in [6.45, 7) is 2.40. The predicted molar refractivity (Wildman–Crippen MR) is 81.3 cm³/mol. The molecule has 0 aliphatic rings. The molecule has 0 bridgehead atoms. The van der Waals surface area contributed by atoms with Crippen LogP contribution >= 0.6 is 23.4 Å². The molecule has 1 heterocycles. The number of benzene rings is 1. The third kappa shape index (κ3) is 4.13. The van der Waals surface area contributed by atoms with E-state index in [1.54, 1.807) is 13.2 Å². The Bertz CT molecular complexity index is 602. The van der Waals surface area contributed by atoms with E-state index in [0.717, 1.165) is 11.0 Å². The Labute approximate surface area is 126 Å². The highest BCUT2D eigenvalue weighted by atomic mass is 35.5. The first kappa shape index (κ1) is 15.2. The van der Waals surface area contributed by atoms with Crippen LogP contribution in [0, 0.1) is 0 Å². The number of H-pyrrole nitrogens is 1. The van der Waals surface area contributed by atoms with Gasteiger partial charge in [-0.15, -0.1) is 0 Å². The number of nitrogens with one attached hydrogen (secondary N) is 2. The molecule has 2 N–H and O–H groups in total. The van der Waals surface area contributed by atoms with E-state index in [9.17, 15) is 4.79 Å². The third-order valence-corrected chi connectivity index (χ3v) is 3.69. The molecular weight excluding hydrogens is 298 g/mol. The summed E-state index contributed by atoms with van der Waals surface area (Å²) < 4.78 is 4.97. The van der Waals surface area contributed by atoms with Crippen LogP contribution in [0.2, 0.25) is 5.02 Å². The second-order valence-electron chi connectivity index (χ2n) is 4.42. The lowest BCUT2D eigenvalue weighted by Gasteiger charge is -2.11. The quantitative estimate of drug-likeness (QED) is 0.804. The van der Waals surface area contributed by atoms with E-state index < -0.39 is 0 Å². The molecular formula is C13H16ClN3O2S. The molecule has 1 aromatic heterocycles. The van der Waals surface area contributed by atoms with Crippen LogP contribution in [0.1, 0.15) is 6.92 Å². The van der Waals surface area contributed by atoms with Gasteiger partial charge in [0, 0.05) is 18.2 Å². The third-order valence-electron chi connectivity index (χ3n) is 2.59. The molecule has 0 aliphatic heterocycles. The van der Waals surface area contributed by atoms with Crippen molar-refractivity contribution in [1.29, 1.82) is 0 Å². The standard InChI is InChI=1S/C13H16ClN3O2S/c1-8(6-19-2)15-12(18)7-20-13-16-10-4-3-9(14)5-11(10)17-13/h3-5,8H,6-7H2,1-2H3,(H,15,18)(H,16,17)/t8-/m0/s1. The summed E-state index contributed by atoms with van der Waals surface area (Å²) in [5, 5.41) is 4.21. The zero-order valence-corrected chi connectivity index (χ0v) is 12.8. The SMILES string of the molecule is COC[C@H](C)NC(=O)CSc1nc2ccc(Cl)cc2[nH]1. The summed E-state index contributed by atoms with van der Waals surface area (Å²) in [5.74, 6) is 0.264. The number of carbonyl (C=O) groups is 1. The lowest BCUT2D eigenvalue weighted by Crippen LogP contribution is -2.36. The zero-order chi connectivity index (χ0) is 14.5. The van der Waals surface area contributed by atoms with Gasteiger partial charge in [-0.25, -0.2) is 4.98 Å². The van der Waals surface area contributed by atoms with Crippen molar-refractivity contribution in [2.75, 3.05) is 19.5 Å². The van der Waals surface area contributed by atoms with Crippen molar-refractivity contribution in [1.82, 2.24) is 15.3 Å². The van der Waals surface area contributed by atoms with Gasteiger partial charge in [0.05, 0.1) is 23.4 Å². The minimum absolute atomic E-state index is 0.00239. The van der Waals surface area contributed by atoms with Gasteiger partial charge in [-0.3, -0.25) is 4.79 Å². The smallest absolute Gasteiger partial charge is 0.230 e. The number of amides is 1. The first-order valence-electron chi connectivity index (χ1n) is 6.15. The van der Waals surface area contributed by atoms with Gasteiger partial charge in [0.25, 0.3) is 0 Å². The zero-order valence-electron chi connectivity index (χ0n) is 11.3. The maximum Gasteiger partial charge on any atom is 0.230 e. The Kier molecular flexibility index (Phi) is 5.28. The number of ether oxygens (including phenoxy) is 1. The molecule has 20 heavy (non-hydrogen) atoms. The van der Waals surface area contributed by atoms with Gasteiger partial charge < -0.3 is 15.0 Å². The van der Waals surface area contributed by atoms with Crippen molar-refractivity contribution in [3.05, 3.63) is 23.2 Å². The summed E-state index contributed by atoms with van der Waals surface area (Å²) in [6, 6.07) is 5.45. The fourth-order valence-electron chi connectivity index (χ4n) is 1.77. The Morgan fingerprint density at radius 2 is 2.40 bits per heavy atom. The Hall–Kier alpha value is -1.24. The van der Waals surface area contributed by atoms with Gasteiger partial charge in [-0.1, -0.05) is 23.4 Å². The van der Waals surface area contributed by atoms with Crippen molar-refractivity contribution >= 4 is 40.3 Å². The monoisotopic (exact) mass is 313 g/mol. The van der Waals surface area contributed by atoms with Gasteiger partial charge in [-0.05, 0) is 25.1 Å². The summed E-state index contributed by atoms with van der Waals surface area (Å²) in [6.07, 6.45) is 0. The fourth-order valence-corrected chi connectivity index (χ4v) is 2.64. The second-order valence-corrected chi connectivity index (χ2v) is 5.82. The minimum Gasteiger partial charge on any atom is -0.383 e. The van der Waals surface area contributed by atoms with Crippen LogP contribution < -0.4 is 5.32 Å². The van der Waals surface area contributed by atoms with Crippen LogP contribution in [-0.4, -0.2) is 41.4 Å². The highest BCUT2D eigenvalue weighted by Gasteiger charge is 2.09. The molecule has 0 aliphatic carbocycles. The molecule has 108 valence electrons. The van der Waals surface area contributed by atoms with E-state index in [4.69, 9.17) is 16.3 Å². The van der Waals surface area contributed by atoms with Crippen LogP contribution in [0.3, 0.4) is 0 Å². The number of fused-ring (bicyclic) bond motifs is 1. The minimum atomic E-state index is -0.0435. The number of nitrogens with zero attached hydrogens (tertiary/aromatic N) is 1. The first-order valence-corrected chi connectivity index (χ1v) is 7.51. The van der Waals surface area contributed by atoms with Crippen LogP contribution in [0.15, 0.2) is 23.4 Å². The molecule has 0 radical (unpaired) electrons. The Balaban J connectivity index is 1.90. The number of halogens is 1. The number of rotatable bonds is 6. The number of aromatic nitrogens is 2. The summed E-state index contributed by atoms with van der Waals surface area (Å²) in [7, 11) is 1.61. The van der Waals surface area contributed by atoms with Crippen LogP contribution in [0.5, 0.6) is 0 Å². The molecule has 5 nitrogen and oxygen atoms in total. The summed E-state index contributed by atoms with van der Waals surface area (Å²) in [5.41, 5.74) is 1.71. The molecule has 7 heteroatoms. The van der Waals surface area contributed by atoms with Crippen LogP contribution in [0.25, 0.3) is 11.0 Å². The van der Waals surface area contributed by atoms with Crippen LogP contribution in [0.4, 0.5) is 0 Å². The van der Waals surface area contributed by atoms with E-state index >= 15 is 0 Å². The maximum atomic E-state index is 11.7. The van der Waals surface area contributed by atoms with Gasteiger partial charge in [-0.2, -0.15) is 0 Å². The molecule has 0 spiro atoms. The average molecular weight is 314 g/mol. The van der Waals surface area contributed by atoms with Crippen molar-refractivity contribution in [2.45, 2.75) is 18.1 Å². The van der Waals surface area contributed by atoms with Gasteiger partial charge in [0.15, 0.2) is 5.16 Å². The number of carbonyl (C=O) groups excluding carboxylic acids is 1. The van der Waals surface area contributed by atoms with Crippen molar-refractivity contribution < 1.29 is 9.53 Å². The van der Waals surface area contributed by atoms with Gasteiger partial charge >= 0.3 is 0 Å². The largest absolute Gasteiger partial charge is 0.383 e. The number of hydrogen-bond acceptors (Lipinski definition) is 4. The molecule has 1 aromatic carbocycles. The number of methoxy groups -OCH3 is 1. The molecule has 1 amide bonds. The number of aromatic amines is 1. The lowest BCUT2D eigenvalue weighted by molar-refractivity contribution is -0.119. The van der Waals surface area contributed by atoms with Crippen molar-refractivity contribution in [3.63, 3.8) is 0 Å². The lowest BCUT2D eigenvalue weighted by atomic mass is 10.3. The van der Waals surface area contributed by atoms with Crippen LogP contribution in [-0.2, 0) is 9.53 Å². The van der Waals surface area contributed by atoms with E-state index in [-0.39, 0.29) is 11.9 Å². The van der Waals surface area contributed by atoms with Crippen molar-refractivity contribution in [2.24, 2.45) is 0 Å². The van der Waals surface area contributed by atoms with E-state index in [1.165, 1.54) is 11.8 Å². The Morgan fingerprint density at radius 1 is 1.60 bits per heavy atom. The molecule has 2 aromatic rings. The topological polar surface area (TPSA) is 67.0 Å². The number of hydrogen-bond donors (Lipinski definition) is 2. The van der Waals surface area contributed by atoms with E-state index in [2.05, 4.69) is 15.3 Å². The number of imidazole rings is 1. The number of thioether (sulfide) groups is 1. The molecule has 0 fully saturated rings. The van der Waals surface area contributed by atoms with Crippen molar-refractivity contribution in [3.8, 4) is 0 Å². The fraction of sp³-hybridized carbons (Fsp3) is 0.385. The summed E-state index contributed by atoms with van der Waals surface area (Å²) >= 11 is 7.27. The van der Waals surface area contributed by atoms with E-state index in [1.807, 2.05) is 19.1 Å². The maximum absolute atomic E-state index is 11.7. The van der Waals surface area contributed by atoms with Gasteiger partial charge in [0.1, 0.15) is 0 Å². The highest BCUT2D eigenvalue weighted by Crippen LogP contribution is 2.21.